The molecule has 90 valence electrons. The van der Waals surface area contributed by atoms with Crippen molar-refractivity contribution in [2.45, 2.75) is 12.5 Å². The van der Waals surface area contributed by atoms with Crippen molar-refractivity contribution >= 4 is 0 Å². The molecule has 0 saturated heterocycles. The predicted molar refractivity (Wildman–Crippen MR) is 71.0 cm³/mol. The Hall–Kier alpha value is -2.24. The standard InChI is InChI=1S/C16H14O2/c17-15(13-14-7-3-1-4-8-14)11-12-18-16-9-5-2-6-10-16/h1-10,15,17H,13H2. The molecule has 0 fully saturated rings. The number of ether oxygens (including phenoxy) is 1. The van der Waals surface area contributed by atoms with Gasteiger partial charge in [0.2, 0.25) is 0 Å². The van der Waals surface area contributed by atoms with Crippen LogP contribution in [-0.2, 0) is 6.42 Å². The van der Waals surface area contributed by atoms with Gasteiger partial charge in [0.25, 0.3) is 0 Å². The molecule has 2 aromatic rings. The zero-order chi connectivity index (χ0) is 12.6. The summed E-state index contributed by atoms with van der Waals surface area (Å²) in [6.45, 7) is 0. The maximum Gasteiger partial charge on any atom is 0.140 e. The summed E-state index contributed by atoms with van der Waals surface area (Å²) in [5.74, 6) is 3.34. The first kappa shape index (κ1) is 12.2. The van der Waals surface area contributed by atoms with Crippen molar-refractivity contribution in [2.24, 2.45) is 0 Å². The van der Waals surface area contributed by atoms with Gasteiger partial charge in [-0.3, -0.25) is 0 Å². The van der Waals surface area contributed by atoms with Crippen molar-refractivity contribution in [1.82, 2.24) is 0 Å². The van der Waals surface area contributed by atoms with Crippen LogP contribution >= 0.6 is 0 Å². The molecular weight excluding hydrogens is 224 g/mol. The van der Waals surface area contributed by atoms with E-state index in [2.05, 4.69) is 12.0 Å². The number of hydrogen-bond acceptors (Lipinski definition) is 2. The first-order valence-corrected chi connectivity index (χ1v) is 5.79. The molecule has 0 aromatic heterocycles. The van der Waals surface area contributed by atoms with Crippen LogP contribution in [0.4, 0.5) is 0 Å². The molecular formula is C16H14O2. The monoisotopic (exact) mass is 238 g/mol. The fraction of sp³-hybridized carbons (Fsp3) is 0.125. The van der Waals surface area contributed by atoms with Crippen molar-refractivity contribution in [3.8, 4) is 17.8 Å². The van der Waals surface area contributed by atoms with E-state index in [4.69, 9.17) is 4.74 Å². The second-order valence-corrected chi connectivity index (χ2v) is 3.87. The Labute approximate surface area is 107 Å². The van der Waals surface area contributed by atoms with Crippen LogP contribution in [0.2, 0.25) is 0 Å². The summed E-state index contributed by atoms with van der Waals surface area (Å²) in [4.78, 5) is 0. The van der Waals surface area contributed by atoms with Crippen LogP contribution in [0, 0.1) is 12.0 Å². The van der Waals surface area contributed by atoms with Crippen LogP contribution < -0.4 is 4.74 Å². The lowest BCUT2D eigenvalue weighted by Crippen LogP contribution is -2.07. The van der Waals surface area contributed by atoms with Crippen molar-refractivity contribution in [3.63, 3.8) is 0 Å². The highest BCUT2D eigenvalue weighted by atomic mass is 16.5. The van der Waals surface area contributed by atoms with Crippen LogP contribution in [0.25, 0.3) is 0 Å². The molecule has 0 aliphatic carbocycles. The van der Waals surface area contributed by atoms with E-state index in [1.54, 1.807) is 0 Å². The molecule has 0 spiro atoms. The zero-order valence-electron chi connectivity index (χ0n) is 9.91. The van der Waals surface area contributed by atoms with Gasteiger partial charge in [-0.2, -0.15) is 0 Å². The summed E-state index contributed by atoms with van der Waals surface area (Å²) in [6.07, 6.45) is 2.32. The van der Waals surface area contributed by atoms with E-state index >= 15 is 0 Å². The van der Waals surface area contributed by atoms with Gasteiger partial charge in [0.15, 0.2) is 0 Å². The van der Waals surface area contributed by atoms with E-state index in [0.717, 1.165) is 5.56 Å². The number of hydrogen-bond donors (Lipinski definition) is 1. The first-order valence-electron chi connectivity index (χ1n) is 5.79. The normalized spacial score (nSPS) is 11.2. The van der Waals surface area contributed by atoms with E-state index in [-0.39, 0.29) is 0 Å². The second kappa shape index (κ2) is 6.48. The number of rotatable bonds is 3. The Morgan fingerprint density at radius 3 is 2.22 bits per heavy atom. The molecule has 18 heavy (non-hydrogen) atoms. The minimum Gasteiger partial charge on any atom is -0.407 e. The van der Waals surface area contributed by atoms with Gasteiger partial charge in [0.05, 0.1) is 0 Å². The maximum atomic E-state index is 9.73. The largest absolute Gasteiger partial charge is 0.407 e. The Morgan fingerprint density at radius 1 is 0.944 bits per heavy atom. The lowest BCUT2D eigenvalue weighted by atomic mass is 10.1. The quantitative estimate of drug-likeness (QED) is 0.833. The third-order valence-corrected chi connectivity index (χ3v) is 2.41. The minimum absolute atomic E-state index is 0.506. The molecule has 1 N–H and O–H groups in total. The summed E-state index contributed by atoms with van der Waals surface area (Å²) >= 11 is 0. The molecule has 1 unspecified atom stereocenters. The number of para-hydroxylation sites is 1. The molecule has 0 bridgehead atoms. The predicted octanol–water partition coefficient (Wildman–Crippen LogP) is 2.63. The van der Waals surface area contributed by atoms with Gasteiger partial charge in [-0.1, -0.05) is 48.5 Å². The van der Waals surface area contributed by atoms with Crippen LogP contribution in [0.1, 0.15) is 5.56 Å². The summed E-state index contributed by atoms with van der Waals surface area (Å²) < 4.78 is 5.19. The van der Waals surface area contributed by atoms with E-state index in [1.807, 2.05) is 60.7 Å². The lowest BCUT2D eigenvalue weighted by molar-refractivity contribution is 0.232. The number of benzene rings is 2. The summed E-state index contributed by atoms with van der Waals surface area (Å²) in [7, 11) is 0. The third-order valence-electron chi connectivity index (χ3n) is 2.41. The Bertz CT molecular complexity index is 523. The molecule has 0 amide bonds. The Morgan fingerprint density at radius 2 is 1.56 bits per heavy atom. The van der Waals surface area contributed by atoms with Gasteiger partial charge in [0.1, 0.15) is 18.0 Å². The summed E-state index contributed by atoms with van der Waals surface area (Å²) in [5.41, 5.74) is 1.05. The van der Waals surface area contributed by atoms with Gasteiger partial charge in [-0.25, -0.2) is 0 Å². The maximum absolute atomic E-state index is 9.73. The van der Waals surface area contributed by atoms with Crippen molar-refractivity contribution < 1.29 is 9.84 Å². The molecule has 0 heterocycles. The zero-order valence-corrected chi connectivity index (χ0v) is 9.91. The van der Waals surface area contributed by atoms with Crippen molar-refractivity contribution in [1.29, 1.82) is 0 Å². The first-order chi connectivity index (χ1) is 8.84. The molecule has 0 radical (unpaired) electrons. The SMILES string of the molecule is OC(C#COc1ccccc1)Cc1ccccc1. The molecule has 2 heteroatoms. The molecule has 1 atom stereocenters. The highest BCUT2D eigenvalue weighted by Crippen LogP contribution is 2.07. The Balaban J connectivity index is 1.87. The topological polar surface area (TPSA) is 29.5 Å². The average molecular weight is 238 g/mol. The molecule has 0 saturated carbocycles. The van der Waals surface area contributed by atoms with Crippen LogP contribution in [-0.4, -0.2) is 11.2 Å². The number of aliphatic hydroxyl groups is 1. The highest BCUT2D eigenvalue weighted by molar-refractivity contribution is 5.24. The van der Waals surface area contributed by atoms with Crippen LogP contribution in [0.5, 0.6) is 5.75 Å². The van der Waals surface area contributed by atoms with Gasteiger partial charge >= 0.3 is 0 Å². The van der Waals surface area contributed by atoms with Crippen LogP contribution in [0.15, 0.2) is 60.7 Å². The van der Waals surface area contributed by atoms with Gasteiger partial charge < -0.3 is 9.84 Å². The van der Waals surface area contributed by atoms with Gasteiger partial charge in [-0.15, -0.1) is 0 Å². The van der Waals surface area contributed by atoms with E-state index < -0.39 is 6.10 Å². The van der Waals surface area contributed by atoms with Crippen LogP contribution in [0.3, 0.4) is 0 Å². The van der Waals surface area contributed by atoms with Crippen molar-refractivity contribution in [3.05, 3.63) is 66.2 Å². The lowest BCUT2D eigenvalue weighted by Gasteiger charge is -2.02. The molecule has 0 aliphatic heterocycles. The fourth-order valence-corrected chi connectivity index (χ4v) is 1.53. The highest BCUT2D eigenvalue weighted by Gasteiger charge is 2.00. The third kappa shape index (κ3) is 3.97. The fourth-order valence-electron chi connectivity index (χ4n) is 1.53. The molecule has 2 nitrogen and oxygen atoms in total. The molecule has 2 rings (SSSR count). The summed E-state index contributed by atoms with van der Waals surface area (Å²) in [5, 5.41) is 9.73. The van der Waals surface area contributed by atoms with E-state index in [9.17, 15) is 5.11 Å². The smallest absolute Gasteiger partial charge is 0.140 e. The second-order valence-electron chi connectivity index (χ2n) is 3.87. The molecule has 2 aromatic carbocycles. The number of aliphatic hydroxyl groups excluding tert-OH is 1. The van der Waals surface area contributed by atoms with Gasteiger partial charge in [0, 0.05) is 6.42 Å². The van der Waals surface area contributed by atoms with E-state index in [0.29, 0.717) is 12.2 Å². The Kier molecular flexibility index (Phi) is 4.40. The van der Waals surface area contributed by atoms with Gasteiger partial charge in [-0.05, 0) is 23.6 Å². The molecule has 0 aliphatic rings. The minimum atomic E-state index is -0.712. The average Bonchev–Trinajstić information content (AvgIpc) is 2.41. The van der Waals surface area contributed by atoms with Crippen molar-refractivity contribution in [2.75, 3.05) is 0 Å². The summed E-state index contributed by atoms with van der Waals surface area (Å²) in [6, 6.07) is 19.0. The van der Waals surface area contributed by atoms with E-state index in [1.165, 1.54) is 0 Å².